The Morgan fingerprint density at radius 3 is 2.76 bits per heavy atom. The number of hydrogen-bond donors (Lipinski definition) is 2. The molecule has 0 fully saturated rings. The Kier molecular flexibility index (Phi) is 3.55. The number of aromatic nitrogens is 4. The second-order valence-electron chi connectivity index (χ2n) is 4.18. The summed E-state index contributed by atoms with van der Waals surface area (Å²) < 4.78 is 1.75. The smallest absolute Gasteiger partial charge is 0.168 e. The quantitative estimate of drug-likeness (QED) is 0.562. The van der Waals surface area contributed by atoms with Gasteiger partial charge in [-0.15, -0.1) is 10.2 Å². The van der Waals surface area contributed by atoms with Crippen LogP contribution in [0.1, 0.15) is 5.56 Å². The van der Waals surface area contributed by atoms with Gasteiger partial charge in [0.1, 0.15) is 12.1 Å². The van der Waals surface area contributed by atoms with Crippen molar-refractivity contribution >= 4 is 12.0 Å². The molecule has 0 saturated heterocycles. The molecule has 2 aromatic heterocycles. The van der Waals surface area contributed by atoms with Crippen LogP contribution in [0.5, 0.6) is 5.75 Å². The van der Waals surface area contributed by atoms with Crippen molar-refractivity contribution in [2.75, 3.05) is 5.43 Å². The molecule has 0 bridgehead atoms. The maximum Gasteiger partial charge on any atom is 0.168 e. The molecule has 0 unspecified atom stereocenters. The summed E-state index contributed by atoms with van der Waals surface area (Å²) in [5, 5.41) is 21.7. The van der Waals surface area contributed by atoms with Crippen molar-refractivity contribution in [1.82, 2.24) is 19.7 Å². The maximum absolute atomic E-state index is 9.59. The fourth-order valence-corrected chi connectivity index (χ4v) is 1.68. The van der Waals surface area contributed by atoms with Crippen LogP contribution < -0.4 is 5.43 Å². The zero-order valence-corrected chi connectivity index (χ0v) is 11.0. The summed E-state index contributed by atoms with van der Waals surface area (Å²) in [4.78, 5) is 3.94. The van der Waals surface area contributed by atoms with E-state index in [1.807, 2.05) is 6.07 Å². The monoisotopic (exact) mass is 280 g/mol. The van der Waals surface area contributed by atoms with Gasteiger partial charge in [0.15, 0.2) is 11.6 Å². The van der Waals surface area contributed by atoms with E-state index in [0.29, 0.717) is 17.2 Å². The molecule has 0 atom stereocenters. The van der Waals surface area contributed by atoms with Crippen LogP contribution in [0, 0.1) is 0 Å². The summed E-state index contributed by atoms with van der Waals surface area (Å²) in [6, 6.07) is 10.5. The van der Waals surface area contributed by atoms with Crippen molar-refractivity contribution in [1.29, 1.82) is 0 Å². The predicted octanol–water partition coefficient (Wildman–Crippen LogP) is 1.81. The Morgan fingerprint density at radius 1 is 1.14 bits per heavy atom. The van der Waals surface area contributed by atoms with Crippen molar-refractivity contribution in [2.45, 2.75) is 0 Å². The molecule has 0 spiro atoms. The zero-order valence-electron chi connectivity index (χ0n) is 11.0. The van der Waals surface area contributed by atoms with Crippen LogP contribution in [0.15, 0.2) is 60.2 Å². The van der Waals surface area contributed by atoms with Crippen LogP contribution in [0.3, 0.4) is 0 Å². The molecule has 1 aromatic carbocycles. The highest BCUT2D eigenvalue weighted by Crippen LogP contribution is 2.13. The van der Waals surface area contributed by atoms with Crippen LogP contribution in [0.2, 0.25) is 0 Å². The van der Waals surface area contributed by atoms with E-state index < -0.39 is 0 Å². The number of nitrogens with one attached hydrogen (secondary N) is 1. The van der Waals surface area contributed by atoms with Crippen molar-refractivity contribution < 1.29 is 5.11 Å². The van der Waals surface area contributed by atoms with Gasteiger partial charge in [-0.05, 0) is 24.3 Å². The Morgan fingerprint density at radius 2 is 2.05 bits per heavy atom. The molecule has 0 aliphatic rings. The summed E-state index contributed by atoms with van der Waals surface area (Å²) in [7, 11) is 0. The molecule has 0 radical (unpaired) electrons. The summed E-state index contributed by atoms with van der Waals surface area (Å²) in [6.45, 7) is 0. The molecule has 2 heterocycles. The lowest BCUT2D eigenvalue weighted by atomic mass is 10.2. The van der Waals surface area contributed by atoms with E-state index in [-0.39, 0.29) is 5.75 Å². The van der Waals surface area contributed by atoms with Gasteiger partial charge in [-0.1, -0.05) is 12.1 Å². The highest BCUT2D eigenvalue weighted by molar-refractivity contribution is 5.83. The number of imidazole rings is 1. The fraction of sp³-hybridized carbons (Fsp3) is 0. The minimum atomic E-state index is 0.171. The lowest BCUT2D eigenvalue weighted by Gasteiger charge is -2.02. The number of hydrazone groups is 1. The van der Waals surface area contributed by atoms with Gasteiger partial charge in [-0.3, -0.25) is 9.99 Å². The number of phenols is 1. The zero-order chi connectivity index (χ0) is 14.5. The van der Waals surface area contributed by atoms with Crippen molar-refractivity contribution in [3.8, 4) is 11.6 Å². The number of phenolic OH excluding ortho intramolecular Hbond substituents is 1. The molecule has 21 heavy (non-hydrogen) atoms. The number of para-hydroxylation sites is 1. The highest BCUT2D eigenvalue weighted by atomic mass is 16.3. The third-order valence-corrected chi connectivity index (χ3v) is 2.74. The molecular weight excluding hydrogens is 268 g/mol. The van der Waals surface area contributed by atoms with Gasteiger partial charge in [-0.25, -0.2) is 4.98 Å². The fourth-order valence-electron chi connectivity index (χ4n) is 1.68. The Hall–Kier alpha value is -3.22. The van der Waals surface area contributed by atoms with Gasteiger partial charge < -0.3 is 5.11 Å². The number of nitrogens with zero attached hydrogens (tertiary/aromatic N) is 5. The van der Waals surface area contributed by atoms with Crippen LogP contribution in [-0.2, 0) is 0 Å². The van der Waals surface area contributed by atoms with Crippen LogP contribution >= 0.6 is 0 Å². The third kappa shape index (κ3) is 3.03. The van der Waals surface area contributed by atoms with E-state index in [9.17, 15) is 5.11 Å². The number of hydrogen-bond acceptors (Lipinski definition) is 6. The van der Waals surface area contributed by atoms with E-state index in [4.69, 9.17) is 0 Å². The van der Waals surface area contributed by atoms with Gasteiger partial charge in [0.25, 0.3) is 0 Å². The van der Waals surface area contributed by atoms with Crippen LogP contribution in [-0.4, -0.2) is 31.1 Å². The minimum Gasteiger partial charge on any atom is -0.507 e. The van der Waals surface area contributed by atoms with Gasteiger partial charge >= 0.3 is 0 Å². The van der Waals surface area contributed by atoms with E-state index in [0.717, 1.165) is 0 Å². The van der Waals surface area contributed by atoms with E-state index >= 15 is 0 Å². The largest absolute Gasteiger partial charge is 0.507 e. The molecular formula is C14H12N6O. The molecule has 0 saturated carbocycles. The Labute approximate surface area is 120 Å². The SMILES string of the molecule is Oc1ccccc1C=NNc1ccc(-n2ccnc2)nn1. The molecule has 0 amide bonds. The first-order valence-corrected chi connectivity index (χ1v) is 6.22. The summed E-state index contributed by atoms with van der Waals surface area (Å²) in [5.74, 6) is 1.35. The number of rotatable bonds is 4. The Bertz CT molecular complexity index is 736. The van der Waals surface area contributed by atoms with Crippen molar-refractivity contribution in [3.63, 3.8) is 0 Å². The molecule has 0 aliphatic heterocycles. The first-order chi connectivity index (χ1) is 10.3. The number of aromatic hydroxyl groups is 1. The van der Waals surface area contributed by atoms with Gasteiger partial charge in [0, 0.05) is 18.0 Å². The van der Waals surface area contributed by atoms with E-state index in [1.54, 1.807) is 53.6 Å². The van der Waals surface area contributed by atoms with Gasteiger partial charge in [0.05, 0.1) is 6.21 Å². The first-order valence-electron chi connectivity index (χ1n) is 6.22. The lowest BCUT2D eigenvalue weighted by Crippen LogP contribution is -2.00. The highest BCUT2D eigenvalue weighted by Gasteiger charge is 1.99. The first kappa shape index (κ1) is 12.8. The topological polar surface area (TPSA) is 88.2 Å². The van der Waals surface area contributed by atoms with Crippen LogP contribution in [0.4, 0.5) is 5.82 Å². The number of benzene rings is 1. The average Bonchev–Trinajstić information content (AvgIpc) is 3.04. The van der Waals surface area contributed by atoms with Crippen LogP contribution in [0.25, 0.3) is 5.82 Å². The molecule has 0 aliphatic carbocycles. The minimum absolute atomic E-state index is 0.171. The molecule has 7 heteroatoms. The second-order valence-corrected chi connectivity index (χ2v) is 4.18. The Balaban J connectivity index is 1.67. The number of anilines is 1. The van der Waals surface area contributed by atoms with E-state index in [1.165, 1.54) is 6.21 Å². The van der Waals surface area contributed by atoms with Crippen molar-refractivity contribution in [3.05, 3.63) is 60.7 Å². The van der Waals surface area contributed by atoms with E-state index in [2.05, 4.69) is 25.7 Å². The van der Waals surface area contributed by atoms with Gasteiger partial charge in [-0.2, -0.15) is 5.10 Å². The summed E-state index contributed by atoms with van der Waals surface area (Å²) in [6.07, 6.45) is 6.62. The lowest BCUT2D eigenvalue weighted by molar-refractivity contribution is 0.474. The standard InChI is InChI=1S/C14H12N6O/c21-12-4-2-1-3-11(12)9-16-17-13-5-6-14(19-18-13)20-8-7-15-10-20/h1-10,21H,(H,17,18). The molecule has 2 N–H and O–H groups in total. The molecule has 7 nitrogen and oxygen atoms in total. The van der Waals surface area contributed by atoms with Crippen molar-refractivity contribution in [2.24, 2.45) is 5.10 Å². The second kappa shape index (κ2) is 5.83. The normalized spacial score (nSPS) is 10.9. The average molecular weight is 280 g/mol. The summed E-state index contributed by atoms with van der Waals surface area (Å²) >= 11 is 0. The molecule has 104 valence electrons. The molecule has 3 aromatic rings. The summed E-state index contributed by atoms with van der Waals surface area (Å²) in [5.41, 5.74) is 3.37. The van der Waals surface area contributed by atoms with Gasteiger partial charge in [0.2, 0.25) is 0 Å². The third-order valence-electron chi connectivity index (χ3n) is 2.74. The molecule has 3 rings (SSSR count). The predicted molar refractivity (Wildman–Crippen MR) is 78.5 cm³/mol. The maximum atomic E-state index is 9.59.